The number of carbonyl (C=O) groups is 1. The Balaban J connectivity index is 1.87. The van der Waals surface area contributed by atoms with Gasteiger partial charge in [-0.05, 0) is 56.2 Å². The first-order valence-corrected chi connectivity index (χ1v) is 8.30. The molecule has 1 aromatic heterocycles. The van der Waals surface area contributed by atoms with Crippen molar-refractivity contribution in [3.63, 3.8) is 0 Å². The minimum Gasteiger partial charge on any atom is -0.491 e. The van der Waals surface area contributed by atoms with Crippen molar-refractivity contribution in [1.82, 2.24) is 4.90 Å². The number of aliphatic hydroxyl groups is 1. The molecule has 0 saturated heterocycles. The summed E-state index contributed by atoms with van der Waals surface area (Å²) in [5, 5.41) is 16.4. The minimum absolute atomic E-state index is 0.112. The third-order valence-electron chi connectivity index (χ3n) is 3.23. The standard InChI is InChI=1S/C17H22N2O3S/c1-12-10-23-11-16(12)17(21)18-13-4-6-15(7-5-13)22-9-14(20)8-19(2)3/h4-7,10-11,14,20H,8-9H2,1-3H3,(H,18,21). The number of rotatable bonds is 7. The van der Waals surface area contributed by atoms with E-state index in [4.69, 9.17) is 4.74 Å². The van der Waals surface area contributed by atoms with E-state index in [9.17, 15) is 9.90 Å². The van der Waals surface area contributed by atoms with E-state index in [1.165, 1.54) is 11.3 Å². The molecule has 124 valence electrons. The largest absolute Gasteiger partial charge is 0.491 e. The van der Waals surface area contributed by atoms with E-state index in [1.807, 2.05) is 36.7 Å². The van der Waals surface area contributed by atoms with Crippen molar-refractivity contribution in [2.45, 2.75) is 13.0 Å². The van der Waals surface area contributed by atoms with Gasteiger partial charge in [0, 0.05) is 17.6 Å². The predicted octanol–water partition coefficient (Wildman–Crippen LogP) is 2.61. The molecule has 2 N–H and O–H groups in total. The Bertz CT molecular complexity index is 638. The fourth-order valence-corrected chi connectivity index (χ4v) is 2.92. The molecule has 0 spiro atoms. The van der Waals surface area contributed by atoms with Crippen LogP contribution in [0.3, 0.4) is 0 Å². The fourth-order valence-electron chi connectivity index (χ4n) is 2.09. The number of hydrogen-bond donors (Lipinski definition) is 2. The summed E-state index contributed by atoms with van der Waals surface area (Å²) in [6, 6.07) is 7.12. The molecule has 23 heavy (non-hydrogen) atoms. The number of amides is 1. The van der Waals surface area contributed by atoms with Gasteiger partial charge in [-0.3, -0.25) is 4.79 Å². The number of aliphatic hydroxyl groups excluding tert-OH is 1. The SMILES string of the molecule is Cc1cscc1C(=O)Nc1ccc(OCC(O)CN(C)C)cc1. The summed E-state index contributed by atoms with van der Waals surface area (Å²) in [5.74, 6) is 0.548. The Labute approximate surface area is 140 Å². The van der Waals surface area contributed by atoms with Crippen LogP contribution in [0.1, 0.15) is 15.9 Å². The van der Waals surface area contributed by atoms with Crippen molar-refractivity contribution < 1.29 is 14.6 Å². The smallest absolute Gasteiger partial charge is 0.256 e. The van der Waals surface area contributed by atoms with Crippen molar-refractivity contribution in [3.05, 3.63) is 46.2 Å². The molecular formula is C17H22N2O3S. The third kappa shape index (κ3) is 5.35. The second kappa shape index (κ2) is 8.10. The number of nitrogens with one attached hydrogen (secondary N) is 1. The van der Waals surface area contributed by atoms with E-state index in [-0.39, 0.29) is 12.5 Å². The van der Waals surface area contributed by atoms with E-state index in [2.05, 4.69) is 5.32 Å². The van der Waals surface area contributed by atoms with Crippen LogP contribution >= 0.6 is 11.3 Å². The normalized spacial score (nSPS) is 12.2. The second-order valence-corrected chi connectivity index (χ2v) is 6.42. The van der Waals surface area contributed by atoms with Gasteiger partial charge in [0.1, 0.15) is 18.5 Å². The molecule has 1 atom stereocenters. The van der Waals surface area contributed by atoms with Gasteiger partial charge in [0.25, 0.3) is 5.91 Å². The highest BCUT2D eigenvalue weighted by Gasteiger charge is 2.10. The van der Waals surface area contributed by atoms with Crippen molar-refractivity contribution >= 4 is 22.9 Å². The summed E-state index contributed by atoms with van der Waals surface area (Å²) in [6.07, 6.45) is -0.536. The van der Waals surface area contributed by atoms with Crippen LogP contribution in [0.5, 0.6) is 5.75 Å². The molecule has 1 unspecified atom stereocenters. The lowest BCUT2D eigenvalue weighted by molar-refractivity contribution is 0.0831. The van der Waals surface area contributed by atoms with Crippen LogP contribution in [-0.2, 0) is 0 Å². The molecule has 5 nitrogen and oxygen atoms in total. The number of thiophene rings is 1. The molecule has 0 radical (unpaired) electrons. The number of hydrogen-bond acceptors (Lipinski definition) is 5. The lowest BCUT2D eigenvalue weighted by Crippen LogP contribution is -2.30. The molecule has 1 heterocycles. The molecular weight excluding hydrogens is 312 g/mol. The van der Waals surface area contributed by atoms with Crippen LogP contribution in [0, 0.1) is 6.92 Å². The number of nitrogens with zero attached hydrogens (tertiary/aromatic N) is 1. The Morgan fingerprint density at radius 1 is 1.30 bits per heavy atom. The van der Waals surface area contributed by atoms with Crippen LogP contribution < -0.4 is 10.1 Å². The van der Waals surface area contributed by atoms with Crippen molar-refractivity contribution in [3.8, 4) is 5.75 Å². The zero-order valence-corrected chi connectivity index (χ0v) is 14.4. The van der Waals surface area contributed by atoms with Gasteiger partial charge in [-0.25, -0.2) is 0 Å². The maximum atomic E-state index is 12.1. The average molecular weight is 334 g/mol. The maximum Gasteiger partial charge on any atom is 0.256 e. The Hall–Kier alpha value is -1.89. The molecule has 6 heteroatoms. The van der Waals surface area contributed by atoms with Crippen molar-refractivity contribution in [1.29, 1.82) is 0 Å². The molecule has 0 fully saturated rings. The maximum absolute atomic E-state index is 12.1. The Kier molecular flexibility index (Phi) is 6.15. The molecule has 1 amide bonds. The van der Waals surface area contributed by atoms with Crippen molar-refractivity contribution in [2.75, 3.05) is 32.6 Å². The Morgan fingerprint density at radius 3 is 2.57 bits per heavy atom. The first-order chi connectivity index (χ1) is 11.0. The first-order valence-electron chi connectivity index (χ1n) is 7.35. The molecule has 0 bridgehead atoms. The van der Waals surface area contributed by atoms with Gasteiger partial charge < -0.3 is 20.1 Å². The van der Waals surface area contributed by atoms with Crippen LogP contribution in [-0.4, -0.2) is 49.3 Å². The molecule has 1 aromatic carbocycles. The number of anilines is 1. The minimum atomic E-state index is -0.536. The molecule has 2 rings (SSSR count). The van der Waals surface area contributed by atoms with Gasteiger partial charge in [-0.1, -0.05) is 0 Å². The topological polar surface area (TPSA) is 61.8 Å². The van der Waals surface area contributed by atoms with Gasteiger partial charge in [0.2, 0.25) is 0 Å². The fraction of sp³-hybridized carbons (Fsp3) is 0.353. The van der Waals surface area contributed by atoms with Gasteiger partial charge in [-0.2, -0.15) is 11.3 Å². The monoisotopic (exact) mass is 334 g/mol. The lowest BCUT2D eigenvalue weighted by Gasteiger charge is -2.16. The lowest BCUT2D eigenvalue weighted by atomic mass is 10.2. The average Bonchev–Trinajstić information content (AvgIpc) is 2.92. The second-order valence-electron chi connectivity index (χ2n) is 5.67. The van der Waals surface area contributed by atoms with Crippen molar-refractivity contribution in [2.24, 2.45) is 0 Å². The number of aryl methyl sites for hydroxylation is 1. The summed E-state index contributed by atoms with van der Waals surface area (Å²) in [6.45, 7) is 2.70. The van der Waals surface area contributed by atoms with Gasteiger partial charge in [-0.15, -0.1) is 0 Å². The predicted molar refractivity (Wildman–Crippen MR) is 93.5 cm³/mol. The highest BCUT2D eigenvalue weighted by atomic mass is 32.1. The quantitative estimate of drug-likeness (QED) is 0.817. The first kappa shape index (κ1) is 17.5. The van der Waals surface area contributed by atoms with E-state index in [0.29, 0.717) is 23.5 Å². The van der Waals surface area contributed by atoms with Crippen LogP contribution in [0.4, 0.5) is 5.69 Å². The van der Waals surface area contributed by atoms with E-state index < -0.39 is 6.10 Å². The van der Waals surface area contributed by atoms with Gasteiger partial charge >= 0.3 is 0 Å². The highest BCUT2D eigenvalue weighted by molar-refractivity contribution is 7.08. The van der Waals surface area contributed by atoms with E-state index in [1.54, 1.807) is 24.3 Å². The molecule has 0 aliphatic heterocycles. The molecule has 0 saturated carbocycles. The summed E-state index contributed by atoms with van der Waals surface area (Å²) >= 11 is 1.51. The molecule has 0 aliphatic rings. The summed E-state index contributed by atoms with van der Waals surface area (Å²) in [7, 11) is 3.80. The summed E-state index contributed by atoms with van der Waals surface area (Å²) in [4.78, 5) is 14.0. The third-order valence-corrected chi connectivity index (χ3v) is 4.09. The number of carbonyl (C=O) groups excluding carboxylic acids is 1. The number of ether oxygens (including phenoxy) is 1. The van der Waals surface area contributed by atoms with Crippen LogP contribution in [0.25, 0.3) is 0 Å². The van der Waals surface area contributed by atoms with Gasteiger partial charge in [0.15, 0.2) is 0 Å². The van der Waals surface area contributed by atoms with Gasteiger partial charge in [0.05, 0.1) is 5.56 Å². The summed E-state index contributed by atoms with van der Waals surface area (Å²) in [5.41, 5.74) is 2.38. The zero-order chi connectivity index (χ0) is 16.8. The molecule has 2 aromatic rings. The van der Waals surface area contributed by atoms with Crippen LogP contribution in [0.2, 0.25) is 0 Å². The van der Waals surface area contributed by atoms with Crippen LogP contribution in [0.15, 0.2) is 35.0 Å². The Morgan fingerprint density at radius 2 is 2.00 bits per heavy atom. The number of benzene rings is 1. The zero-order valence-electron chi connectivity index (χ0n) is 13.6. The molecule has 0 aliphatic carbocycles. The van der Waals surface area contributed by atoms with E-state index in [0.717, 1.165) is 5.56 Å². The summed E-state index contributed by atoms with van der Waals surface area (Å²) < 4.78 is 5.53. The highest BCUT2D eigenvalue weighted by Crippen LogP contribution is 2.19. The van der Waals surface area contributed by atoms with E-state index >= 15 is 0 Å². The number of likely N-dealkylation sites (N-methyl/N-ethyl adjacent to an activating group) is 1.